The summed E-state index contributed by atoms with van der Waals surface area (Å²) < 4.78 is 11.5. The maximum Gasteiger partial charge on any atom is 0.331 e. The molecule has 2 heterocycles. The number of ketones is 1. The van der Waals surface area contributed by atoms with E-state index in [0.29, 0.717) is 18.8 Å². The Morgan fingerprint density at radius 3 is 2.70 bits per heavy atom. The summed E-state index contributed by atoms with van der Waals surface area (Å²) in [6.45, 7) is 8.13. The molecule has 3 fully saturated rings. The van der Waals surface area contributed by atoms with Gasteiger partial charge in [-0.05, 0) is 83.9 Å². The van der Waals surface area contributed by atoms with Crippen molar-refractivity contribution in [3.05, 3.63) is 23.3 Å². The van der Waals surface area contributed by atoms with Crippen LogP contribution in [0.15, 0.2) is 12.1 Å². The molecule has 1 amide bonds. The van der Waals surface area contributed by atoms with Crippen molar-refractivity contribution < 1.29 is 34.1 Å². The largest absolute Gasteiger partial charge is 0.504 e. The lowest BCUT2D eigenvalue weighted by Crippen LogP contribution is -2.78. The number of esters is 1. The summed E-state index contributed by atoms with van der Waals surface area (Å²) in [7, 11) is 0. The van der Waals surface area contributed by atoms with Crippen molar-refractivity contribution in [2.45, 2.75) is 94.6 Å². The average Bonchev–Trinajstić information content (AvgIpc) is 3.55. The molecule has 2 bridgehead atoms. The zero-order valence-corrected chi connectivity index (χ0v) is 21.9. The molecule has 2 aliphatic heterocycles. The lowest BCUT2D eigenvalue weighted by Gasteiger charge is -2.63. The van der Waals surface area contributed by atoms with Crippen molar-refractivity contribution >= 4 is 17.7 Å². The second-order valence-corrected chi connectivity index (χ2v) is 12.5. The van der Waals surface area contributed by atoms with Crippen LogP contribution in [0.25, 0.3) is 0 Å². The zero-order valence-electron chi connectivity index (χ0n) is 21.9. The highest BCUT2D eigenvalue weighted by molar-refractivity contribution is 6.07. The average molecular weight is 513 g/mol. The molecule has 9 heteroatoms. The SMILES string of the molecule is CC(C)OC(=O)C(C)(C)NC(=O)C1C[C@@]2(O)[C@H]3Cc4ccc(O)c5c4[C@@]2(CCN3CC2CC2)[C@@H](O5)C1=O. The molecule has 3 N–H and O–H groups in total. The Labute approximate surface area is 216 Å². The fourth-order valence-electron chi connectivity index (χ4n) is 7.33. The number of likely N-dealkylation sites (tertiary alicyclic amines) is 1. The number of hydrogen-bond acceptors (Lipinski definition) is 8. The number of phenols is 1. The highest BCUT2D eigenvalue weighted by atomic mass is 16.5. The molecule has 0 aromatic heterocycles. The number of aliphatic hydroxyl groups is 1. The number of benzene rings is 1. The summed E-state index contributed by atoms with van der Waals surface area (Å²) in [6, 6.07) is 3.18. The molecule has 0 radical (unpaired) electrons. The molecular formula is C28H36N2O7. The standard InChI is InChI=1S/C28H36N2O7/c1-14(2)36-25(34)26(3,4)29-24(33)17-12-28(35)19-11-16-7-8-18(31)22-20(16)27(28,23(37-22)21(17)32)9-10-30(19)13-15-5-6-15/h7-8,14-15,17,19,23,31,35H,5-6,9-13H2,1-4H3,(H,29,33)/t17?,19-,23+,27+,28-/m1/s1. The monoisotopic (exact) mass is 512 g/mol. The first-order chi connectivity index (χ1) is 17.4. The number of ether oxygens (including phenoxy) is 2. The third kappa shape index (κ3) is 3.39. The number of nitrogens with one attached hydrogen (secondary N) is 1. The van der Waals surface area contributed by atoms with Crippen molar-refractivity contribution in [2.24, 2.45) is 11.8 Å². The molecule has 37 heavy (non-hydrogen) atoms. The van der Waals surface area contributed by atoms with Gasteiger partial charge in [0.2, 0.25) is 5.91 Å². The van der Waals surface area contributed by atoms with Gasteiger partial charge >= 0.3 is 5.97 Å². The lowest BCUT2D eigenvalue weighted by atomic mass is 9.47. The summed E-state index contributed by atoms with van der Waals surface area (Å²) in [4.78, 5) is 42.5. The Hall–Kier alpha value is -2.65. The molecule has 6 rings (SSSR count). The molecule has 1 spiro atoms. The van der Waals surface area contributed by atoms with Gasteiger partial charge in [0.05, 0.1) is 17.1 Å². The molecule has 5 atom stereocenters. The number of rotatable bonds is 6. The number of Topliss-reactive ketones (excluding diaryl/α,β-unsaturated/α-hetero) is 1. The first-order valence-corrected chi connectivity index (χ1v) is 13.4. The van der Waals surface area contributed by atoms with E-state index in [4.69, 9.17) is 9.47 Å². The number of carbonyl (C=O) groups is 3. The lowest BCUT2D eigenvalue weighted by molar-refractivity contribution is -0.199. The molecule has 5 aliphatic rings. The smallest absolute Gasteiger partial charge is 0.331 e. The van der Waals surface area contributed by atoms with E-state index in [1.807, 2.05) is 6.07 Å². The van der Waals surface area contributed by atoms with Gasteiger partial charge in [-0.3, -0.25) is 14.5 Å². The zero-order chi connectivity index (χ0) is 26.5. The summed E-state index contributed by atoms with van der Waals surface area (Å²) in [5.74, 6) is -2.04. The van der Waals surface area contributed by atoms with Gasteiger partial charge in [-0.2, -0.15) is 0 Å². The molecule has 200 valence electrons. The van der Waals surface area contributed by atoms with E-state index >= 15 is 0 Å². The summed E-state index contributed by atoms with van der Waals surface area (Å²) in [5.41, 5.74) is -2.06. The first kappa shape index (κ1) is 24.7. The van der Waals surface area contributed by atoms with Crippen LogP contribution in [0, 0.1) is 11.8 Å². The van der Waals surface area contributed by atoms with Gasteiger partial charge < -0.3 is 25.0 Å². The molecule has 3 aliphatic carbocycles. The minimum atomic E-state index is -1.41. The van der Waals surface area contributed by atoms with E-state index in [2.05, 4.69) is 10.2 Å². The van der Waals surface area contributed by atoms with Crippen LogP contribution in [-0.4, -0.2) is 75.3 Å². The Kier molecular flexibility index (Phi) is 5.29. The van der Waals surface area contributed by atoms with Crippen LogP contribution < -0.4 is 10.1 Å². The highest BCUT2D eigenvalue weighted by Crippen LogP contribution is 2.65. The highest BCUT2D eigenvalue weighted by Gasteiger charge is 2.75. The van der Waals surface area contributed by atoms with Crippen LogP contribution in [0.4, 0.5) is 0 Å². The van der Waals surface area contributed by atoms with E-state index in [1.54, 1.807) is 19.9 Å². The van der Waals surface area contributed by atoms with E-state index in [0.717, 1.165) is 24.2 Å². The quantitative estimate of drug-likeness (QED) is 0.388. The van der Waals surface area contributed by atoms with Crippen LogP contribution in [-0.2, 0) is 31.0 Å². The number of nitrogens with zero attached hydrogens (tertiary/aromatic N) is 1. The third-order valence-corrected chi connectivity index (χ3v) is 9.24. The van der Waals surface area contributed by atoms with E-state index in [1.165, 1.54) is 26.7 Å². The Morgan fingerprint density at radius 1 is 1.30 bits per heavy atom. The molecule has 1 aromatic rings. The van der Waals surface area contributed by atoms with E-state index in [-0.39, 0.29) is 30.1 Å². The summed E-state index contributed by atoms with van der Waals surface area (Å²) in [5, 5.41) is 26.0. The van der Waals surface area contributed by atoms with Gasteiger partial charge in [0.1, 0.15) is 11.5 Å². The maximum atomic E-state index is 13.9. The molecule has 1 saturated heterocycles. The number of amides is 1. The second kappa shape index (κ2) is 7.93. The van der Waals surface area contributed by atoms with Gasteiger partial charge in [-0.15, -0.1) is 0 Å². The van der Waals surface area contributed by atoms with Crippen LogP contribution >= 0.6 is 0 Å². The van der Waals surface area contributed by atoms with Crippen molar-refractivity contribution in [1.29, 1.82) is 0 Å². The van der Waals surface area contributed by atoms with Crippen molar-refractivity contribution in [3.8, 4) is 11.5 Å². The molecule has 1 unspecified atom stereocenters. The first-order valence-electron chi connectivity index (χ1n) is 13.4. The minimum absolute atomic E-state index is 0.0601. The third-order valence-electron chi connectivity index (χ3n) is 9.24. The number of carbonyl (C=O) groups excluding carboxylic acids is 3. The summed E-state index contributed by atoms with van der Waals surface area (Å²) in [6.07, 6.45) is 1.92. The van der Waals surface area contributed by atoms with Gasteiger partial charge in [-0.1, -0.05) is 6.07 Å². The Balaban J connectivity index is 1.39. The van der Waals surface area contributed by atoms with Crippen molar-refractivity contribution in [1.82, 2.24) is 10.2 Å². The van der Waals surface area contributed by atoms with Gasteiger partial charge in [-0.25, -0.2) is 4.79 Å². The topological polar surface area (TPSA) is 125 Å². The summed E-state index contributed by atoms with van der Waals surface area (Å²) >= 11 is 0. The Bertz CT molecular complexity index is 1190. The Morgan fingerprint density at radius 2 is 2.03 bits per heavy atom. The maximum absolute atomic E-state index is 13.9. The van der Waals surface area contributed by atoms with E-state index in [9.17, 15) is 24.6 Å². The van der Waals surface area contributed by atoms with Crippen molar-refractivity contribution in [2.75, 3.05) is 13.1 Å². The van der Waals surface area contributed by atoms with Crippen molar-refractivity contribution in [3.63, 3.8) is 0 Å². The second-order valence-electron chi connectivity index (χ2n) is 12.5. The van der Waals surface area contributed by atoms with E-state index < -0.39 is 46.2 Å². The molecular weight excluding hydrogens is 476 g/mol. The van der Waals surface area contributed by atoms with Gasteiger partial charge in [0, 0.05) is 18.2 Å². The van der Waals surface area contributed by atoms with Crippen LogP contribution in [0.5, 0.6) is 11.5 Å². The number of hydrogen-bond donors (Lipinski definition) is 3. The van der Waals surface area contributed by atoms with Crippen LogP contribution in [0.3, 0.4) is 0 Å². The van der Waals surface area contributed by atoms with Crippen LogP contribution in [0.2, 0.25) is 0 Å². The number of phenolic OH excluding ortho intramolecular Hbond substituents is 1. The fraction of sp³-hybridized carbons (Fsp3) is 0.679. The molecule has 2 saturated carbocycles. The van der Waals surface area contributed by atoms with Gasteiger partial charge in [0.15, 0.2) is 23.4 Å². The van der Waals surface area contributed by atoms with Crippen LogP contribution in [0.1, 0.15) is 64.5 Å². The number of aromatic hydroxyl groups is 1. The molecule has 1 aromatic carbocycles. The fourth-order valence-corrected chi connectivity index (χ4v) is 7.33. The number of piperidine rings is 1. The molecule has 9 nitrogen and oxygen atoms in total. The normalized spacial score (nSPS) is 34.1. The predicted octanol–water partition coefficient (Wildman–Crippen LogP) is 1.60. The minimum Gasteiger partial charge on any atom is -0.504 e. The predicted molar refractivity (Wildman–Crippen MR) is 132 cm³/mol. The van der Waals surface area contributed by atoms with Gasteiger partial charge in [0.25, 0.3) is 0 Å².